The van der Waals surface area contributed by atoms with E-state index >= 15 is 0 Å². The van der Waals surface area contributed by atoms with Gasteiger partial charge in [0.2, 0.25) is 0 Å². The van der Waals surface area contributed by atoms with Gasteiger partial charge in [0.15, 0.2) is 0 Å². The number of hydrogen-bond acceptors (Lipinski definition) is 2. The first kappa shape index (κ1) is 16.2. The molecule has 0 saturated carbocycles. The zero-order valence-corrected chi connectivity index (χ0v) is 13.4. The van der Waals surface area contributed by atoms with E-state index in [4.69, 9.17) is 5.11 Å². The van der Waals surface area contributed by atoms with E-state index in [2.05, 4.69) is 22.9 Å². The molecule has 0 aliphatic rings. The molecule has 3 heteroatoms. The number of pyridine rings is 1. The van der Waals surface area contributed by atoms with Crippen molar-refractivity contribution in [1.82, 2.24) is 4.98 Å². The van der Waals surface area contributed by atoms with E-state index in [-0.39, 0.29) is 5.56 Å². The van der Waals surface area contributed by atoms with E-state index in [1.807, 2.05) is 42.6 Å². The van der Waals surface area contributed by atoms with Gasteiger partial charge in [-0.2, -0.15) is 0 Å². The highest BCUT2D eigenvalue weighted by Gasteiger charge is 2.01. The second-order valence-electron chi connectivity index (χ2n) is 5.31. The number of carbonyl (C=O) groups is 1. The lowest BCUT2D eigenvalue weighted by Crippen LogP contribution is -1.94. The molecule has 1 N–H and O–H groups in total. The molecule has 25 heavy (non-hydrogen) atoms. The summed E-state index contributed by atoms with van der Waals surface area (Å²) in [5, 5.41) is 8.88. The van der Waals surface area contributed by atoms with Crippen LogP contribution in [0, 0.1) is 11.8 Å². The van der Waals surface area contributed by atoms with Crippen LogP contribution in [0.25, 0.3) is 17.2 Å². The molecule has 0 amide bonds. The summed E-state index contributed by atoms with van der Waals surface area (Å²) < 4.78 is 0. The van der Waals surface area contributed by atoms with E-state index in [1.54, 1.807) is 36.5 Å². The Labute approximate surface area is 146 Å². The van der Waals surface area contributed by atoms with Crippen LogP contribution in [0.4, 0.5) is 0 Å². The molecule has 1 heterocycles. The molecule has 0 aliphatic heterocycles. The van der Waals surface area contributed by atoms with Crippen molar-refractivity contribution in [2.24, 2.45) is 0 Å². The van der Waals surface area contributed by atoms with Crippen LogP contribution in [-0.2, 0) is 0 Å². The first-order chi connectivity index (χ1) is 12.2. The Morgan fingerprint density at radius 1 is 1.00 bits per heavy atom. The van der Waals surface area contributed by atoms with Crippen molar-refractivity contribution in [2.75, 3.05) is 0 Å². The molecule has 120 valence electrons. The monoisotopic (exact) mass is 325 g/mol. The van der Waals surface area contributed by atoms with Crippen LogP contribution in [0.5, 0.6) is 0 Å². The third kappa shape index (κ3) is 4.21. The van der Waals surface area contributed by atoms with Crippen molar-refractivity contribution < 1.29 is 9.90 Å². The van der Waals surface area contributed by atoms with Gasteiger partial charge in [-0.05, 0) is 53.6 Å². The van der Waals surface area contributed by atoms with Gasteiger partial charge in [-0.25, -0.2) is 4.79 Å². The van der Waals surface area contributed by atoms with Crippen molar-refractivity contribution in [2.45, 2.75) is 0 Å². The molecule has 3 aromatic rings. The van der Waals surface area contributed by atoms with Gasteiger partial charge in [-0.3, -0.25) is 4.98 Å². The van der Waals surface area contributed by atoms with E-state index in [9.17, 15) is 4.79 Å². The Bertz CT molecular complexity index is 962. The van der Waals surface area contributed by atoms with Gasteiger partial charge in [0.25, 0.3) is 0 Å². The fraction of sp³-hybridized carbons (Fsp3) is 0. The van der Waals surface area contributed by atoms with Gasteiger partial charge in [0, 0.05) is 23.5 Å². The van der Waals surface area contributed by atoms with Crippen LogP contribution in [-0.4, -0.2) is 16.1 Å². The fourth-order valence-corrected chi connectivity index (χ4v) is 2.38. The Morgan fingerprint density at radius 2 is 1.80 bits per heavy atom. The number of aromatic carboxylic acids is 1. The van der Waals surface area contributed by atoms with Gasteiger partial charge in [0.05, 0.1) is 5.56 Å². The SMILES string of the molecule is O=C(O)c1ccc(C#CC=Cc2ccccc2-c2cccnc2)cc1. The average molecular weight is 325 g/mol. The lowest BCUT2D eigenvalue weighted by molar-refractivity contribution is 0.0697. The zero-order valence-electron chi connectivity index (χ0n) is 13.4. The third-order valence-electron chi connectivity index (χ3n) is 3.63. The summed E-state index contributed by atoms with van der Waals surface area (Å²) in [7, 11) is 0. The molecule has 0 saturated heterocycles. The summed E-state index contributed by atoms with van der Waals surface area (Å²) >= 11 is 0. The molecule has 2 aromatic carbocycles. The van der Waals surface area contributed by atoms with Crippen molar-refractivity contribution in [3.8, 4) is 23.0 Å². The standard InChI is InChI=1S/C22H15NO2/c24-22(25)19-13-11-17(12-14-19)6-1-2-7-18-8-3-4-10-21(18)20-9-5-15-23-16-20/h2-5,7-16H,(H,24,25). The van der Waals surface area contributed by atoms with Gasteiger partial charge in [-0.1, -0.05) is 42.2 Å². The summed E-state index contributed by atoms with van der Waals surface area (Å²) in [5.41, 5.74) is 4.24. The topological polar surface area (TPSA) is 50.2 Å². The first-order valence-electron chi connectivity index (χ1n) is 7.75. The Kier molecular flexibility index (Phi) is 5.04. The number of hydrogen-bond donors (Lipinski definition) is 1. The summed E-state index contributed by atoms with van der Waals surface area (Å²) in [4.78, 5) is 15.0. The average Bonchev–Trinajstić information content (AvgIpc) is 2.66. The highest BCUT2D eigenvalue weighted by atomic mass is 16.4. The van der Waals surface area contributed by atoms with E-state index in [0.29, 0.717) is 0 Å². The van der Waals surface area contributed by atoms with Crippen molar-refractivity contribution in [3.05, 3.63) is 95.8 Å². The minimum atomic E-state index is -0.939. The van der Waals surface area contributed by atoms with E-state index < -0.39 is 5.97 Å². The zero-order chi connectivity index (χ0) is 17.5. The van der Waals surface area contributed by atoms with E-state index in [0.717, 1.165) is 22.3 Å². The maximum Gasteiger partial charge on any atom is 0.335 e. The summed E-state index contributed by atoms with van der Waals surface area (Å²) in [6, 6.07) is 18.5. The predicted octanol–water partition coefficient (Wildman–Crippen LogP) is 4.51. The molecule has 3 rings (SSSR count). The number of benzene rings is 2. The highest BCUT2D eigenvalue weighted by molar-refractivity contribution is 5.87. The Hall–Kier alpha value is -3.64. The number of allylic oxidation sites excluding steroid dienone is 1. The third-order valence-corrected chi connectivity index (χ3v) is 3.63. The van der Waals surface area contributed by atoms with Gasteiger partial charge in [-0.15, -0.1) is 0 Å². The van der Waals surface area contributed by atoms with Crippen LogP contribution in [0.15, 0.2) is 79.1 Å². The summed E-state index contributed by atoms with van der Waals surface area (Å²) in [6.45, 7) is 0. The highest BCUT2D eigenvalue weighted by Crippen LogP contribution is 2.23. The number of nitrogens with zero attached hydrogens (tertiary/aromatic N) is 1. The van der Waals surface area contributed by atoms with E-state index in [1.165, 1.54) is 0 Å². The predicted molar refractivity (Wildman–Crippen MR) is 99.0 cm³/mol. The molecule has 3 nitrogen and oxygen atoms in total. The largest absolute Gasteiger partial charge is 0.478 e. The molecular formula is C22H15NO2. The molecule has 0 unspecified atom stereocenters. The number of carboxylic acid groups (broad SMARTS) is 1. The Balaban J connectivity index is 1.79. The second kappa shape index (κ2) is 7.76. The number of rotatable bonds is 3. The number of carboxylic acids is 1. The molecule has 0 aliphatic carbocycles. The van der Waals surface area contributed by atoms with Crippen LogP contribution in [0.2, 0.25) is 0 Å². The van der Waals surface area contributed by atoms with Crippen LogP contribution < -0.4 is 0 Å². The van der Waals surface area contributed by atoms with Gasteiger partial charge >= 0.3 is 5.97 Å². The molecule has 0 fully saturated rings. The molecule has 0 radical (unpaired) electrons. The second-order valence-corrected chi connectivity index (χ2v) is 5.31. The van der Waals surface area contributed by atoms with Crippen molar-refractivity contribution in [1.29, 1.82) is 0 Å². The van der Waals surface area contributed by atoms with Gasteiger partial charge in [0.1, 0.15) is 0 Å². The maximum atomic E-state index is 10.8. The van der Waals surface area contributed by atoms with Crippen LogP contribution >= 0.6 is 0 Å². The molecule has 0 bridgehead atoms. The normalized spacial score (nSPS) is 10.2. The lowest BCUT2D eigenvalue weighted by Gasteiger charge is -2.04. The number of aromatic nitrogens is 1. The quantitative estimate of drug-likeness (QED) is 0.721. The lowest BCUT2D eigenvalue weighted by atomic mass is 10.0. The van der Waals surface area contributed by atoms with Crippen molar-refractivity contribution in [3.63, 3.8) is 0 Å². The van der Waals surface area contributed by atoms with Crippen LogP contribution in [0.3, 0.4) is 0 Å². The summed E-state index contributed by atoms with van der Waals surface area (Å²) in [5.74, 6) is 5.04. The maximum absolute atomic E-state index is 10.8. The first-order valence-corrected chi connectivity index (χ1v) is 7.75. The van der Waals surface area contributed by atoms with Crippen LogP contribution in [0.1, 0.15) is 21.5 Å². The Morgan fingerprint density at radius 3 is 2.52 bits per heavy atom. The summed E-state index contributed by atoms with van der Waals surface area (Å²) in [6.07, 6.45) is 7.34. The van der Waals surface area contributed by atoms with Gasteiger partial charge < -0.3 is 5.11 Å². The molecule has 1 aromatic heterocycles. The fourth-order valence-electron chi connectivity index (χ4n) is 2.38. The molecule has 0 atom stereocenters. The minimum Gasteiger partial charge on any atom is -0.478 e. The van der Waals surface area contributed by atoms with Crippen molar-refractivity contribution >= 4 is 12.0 Å². The molecular weight excluding hydrogens is 310 g/mol. The molecule has 0 spiro atoms. The minimum absolute atomic E-state index is 0.256. The smallest absolute Gasteiger partial charge is 0.335 e.